The number of nitrogens with two attached hydrogens (primary N) is 1. The Morgan fingerprint density at radius 2 is 1.86 bits per heavy atom. The Bertz CT molecular complexity index is 630. The molecule has 2 aromatic rings. The number of halogens is 1. The van der Waals surface area contributed by atoms with Crippen LogP contribution >= 0.6 is 12.4 Å². The second-order valence-corrected chi connectivity index (χ2v) is 5.00. The molecule has 2 rings (SSSR count). The maximum Gasteiger partial charge on any atom is 0.313 e. The molecule has 0 saturated carbocycles. The summed E-state index contributed by atoms with van der Waals surface area (Å²) in [7, 11) is 1.65. The predicted octanol–water partition coefficient (Wildman–Crippen LogP) is 3.27. The van der Waals surface area contributed by atoms with Gasteiger partial charge in [0.2, 0.25) is 0 Å². The Balaban J connectivity index is 0.00000242. The zero-order valence-corrected chi connectivity index (χ0v) is 13.7. The van der Waals surface area contributed by atoms with Crippen LogP contribution in [0.25, 0.3) is 10.8 Å². The van der Waals surface area contributed by atoms with Gasteiger partial charge in [0.25, 0.3) is 0 Å². The summed E-state index contributed by atoms with van der Waals surface area (Å²) in [6.45, 7) is 2.76. The summed E-state index contributed by atoms with van der Waals surface area (Å²) in [4.78, 5) is 12.0. The van der Waals surface area contributed by atoms with E-state index < -0.39 is 0 Å². The third-order valence-corrected chi connectivity index (χ3v) is 3.52. The lowest BCUT2D eigenvalue weighted by molar-refractivity contribution is -0.145. The smallest absolute Gasteiger partial charge is 0.313 e. The van der Waals surface area contributed by atoms with Crippen LogP contribution in [0.5, 0.6) is 5.75 Å². The lowest BCUT2D eigenvalue weighted by Crippen LogP contribution is -2.15. The number of rotatable bonds is 6. The Morgan fingerprint density at radius 3 is 2.55 bits per heavy atom. The third-order valence-electron chi connectivity index (χ3n) is 3.52. The molecule has 5 heteroatoms. The van der Waals surface area contributed by atoms with Gasteiger partial charge in [0.1, 0.15) is 5.75 Å². The highest BCUT2D eigenvalue weighted by Crippen LogP contribution is 2.25. The van der Waals surface area contributed by atoms with Gasteiger partial charge < -0.3 is 15.2 Å². The van der Waals surface area contributed by atoms with E-state index in [-0.39, 0.29) is 24.3 Å². The van der Waals surface area contributed by atoms with Crippen LogP contribution in [0.1, 0.15) is 24.8 Å². The molecule has 0 bridgehead atoms. The fraction of sp³-hybridized carbons (Fsp3) is 0.353. The van der Waals surface area contributed by atoms with Crippen LogP contribution < -0.4 is 10.5 Å². The van der Waals surface area contributed by atoms with E-state index in [1.54, 1.807) is 7.11 Å². The monoisotopic (exact) mass is 323 g/mol. The summed E-state index contributed by atoms with van der Waals surface area (Å²) < 4.78 is 10.4. The molecular formula is C17H22ClNO3. The van der Waals surface area contributed by atoms with Gasteiger partial charge in [-0.3, -0.25) is 4.79 Å². The summed E-state index contributed by atoms with van der Waals surface area (Å²) in [5.41, 5.74) is 6.34. The Labute approximate surface area is 137 Å². The predicted molar refractivity (Wildman–Crippen MR) is 90.8 cm³/mol. The number of carbonyl (C=O) groups excluding carboxylic acids is 1. The van der Waals surface area contributed by atoms with Crippen LogP contribution in [-0.4, -0.2) is 26.2 Å². The van der Waals surface area contributed by atoms with Crippen molar-refractivity contribution in [2.45, 2.75) is 19.3 Å². The molecular weight excluding hydrogens is 302 g/mol. The number of esters is 1. The van der Waals surface area contributed by atoms with Gasteiger partial charge in [-0.25, -0.2) is 0 Å². The molecule has 4 nitrogen and oxygen atoms in total. The van der Waals surface area contributed by atoms with Crippen molar-refractivity contribution >= 4 is 29.1 Å². The summed E-state index contributed by atoms with van der Waals surface area (Å²) in [5.74, 6) is 0.329. The van der Waals surface area contributed by atoms with Gasteiger partial charge in [0.15, 0.2) is 0 Å². The molecule has 22 heavy (non-hydrogen) atoms. The quantitative estimate of drug-likeness (QED) is 0.654. The number of hydrogen-bond acceptors (Lipinski definition) is 4. The first-order valence-electron chi connectivity index (χ1n) is 7.10. The van der Waals surface area contributed by atoms with E-state index >= 15 is 0 Å². The number of fused-ring (bicyclic) bond motifs is 1. The van der Waals surface area contributed by atoms with Crippen LogP contribution in [0.3, 0.4) is 0 Å². The fourth-order valence-electron chi connectivity index (χ4n) is 2.16. The van der Waals surface area contributed by atoms with E-state index in [2.05, 4.69) is 0 Å². The first-order valence-corrected chi connectivity index (χ1v) is 7.10. The zero-order chi connectivity index (χ0) is 15.2. The Hall–Kier alpha value is -1.78. The van der Waals surface area contributed by atoms with Crippen molar-refractivity contribution in [3.05, 3.63) is 42.0 Å². The van der Waals surface area contributed by atoms with Crippen molar-refractivity contribution in [2.75, 3.05) is 20.3 Å². The van der Waals surface area contributed by atoms with Gasteiger partial charge in [-0.15, -0.1) is 12.4 Å². The summed E-state index contributed by atoms with van der Waals surface area (Å²) in [6.07, 6.45) is 0.690. The summed E-state index contributed by atoms with van der Waals surface area (Å²) in [6, 6.07) is 11.8. The van der Waals surface area contributed by atoms with Gasteiger partial charge in [-0.1, -0.05) is 24.3 Å². The molecule has 0 aliphatic carbocycles. The maximum absolute atomic E-state index is 12.0. The van der Waals surface area contributed by atoms with Gasteiger partial charge in [0.05, 0.1) is 19.6 Å². The summed E-state index contributed by atoms with van der Waals surface area (Å²) >= 11 is 0. The van der Waals surface area contributed by atoms with Gasteiger partial charge >= 0.3 is 5.97 Å². The molecule has 0 saturated heterocycles. The summed E-state index contributed by atoms with van der Waals surface area (Å²) in [5, 5.41) is 2.16. The number of benzene rings is 2. The molecule has 0 spiro atoms. The van der Waals surface area contributed by atoms with Crippen molar-refractivity contribution in [3.63, 3.8) is 0 Å². The zero-order valence-electron chi connectivity index (χ0n) is 12.9. The van der Waals surface area contributed by atoms with E-state index in [9.17, 15) is 4.79 Å². The number of carbonyl (C=O) groups is 1. The van der Waals surface area contributed by atoms with Crippen molar-refractivity contribution in [1.82, 2.24) is 0 Å². The van der Waals surface area contributed by atoms with E-state index in [0.717, 1.165) is 22.1 Å². The molecule has 2 aromatic carbocycles. The largest absolute Gasteiger partial charge is 0.497 e. The molecule has 120 valence electrons. The first kappa shape index (κ1) is 18.3. The normalized spacial score (nSPS) is 11.6. The number of methoxy groups -OCH3 is 1. The highest BCUT2D eigenvalue weighted by Gasteiger charge is 2.16. The van der Waals surface area contributed by atoms with Crippen LogP contribution in [0.15, 0.2) is 36.4 Å². The van der Waals surface area contributed by atoms with Gasteiger partial charge in [0, 0.05) is 0 Å². The van der Waals surface area contributed by atoms with Crippen molar-refractivity contribution < 1.29 is 14.3 Å². The van der Waals surface area contributed by atoms with Crippen LogP contribution in [0, 0.1) is 0 Å². The number of hydrogen-bond donors (Lipinski definition) is 1. The standard InChI is InChI=1S/C17H21NO3.ClH/c1-12(17(19)21-9-3-8-18)13-4-5-15-11-16(20-2)7-6-14(15)10-13;/h4-7,10-12H,3,8-9,18H2,1-2H3;1H/t12-;/m0./s1. The van der Waals surface area contributed by atoms with Crippen molar-refractivity contribution in [3.8, 4) is 5.75 Å². The lowest BCUT2D eigenvalue weighted by atomic mass is 9.98. The SMILES string of the molecule is COc1ccc2cc([C@H](C)C(=O)OCCCN)ccc2c1.Cl. The molecule has 0 amide bonds. The van der Waals surface area contributed by atoms with Crippen molar-refractivity contribution in [2.24, 2.45) is 5.73 Å². The van der Waals surface area contributed by atoms with Crippen LogP contribution in [0.2, 0.25) is 0 Å². The average molecular weight is 324 g/mol. The molecule has 1 atom stereocenters. The molecule has 0 heterocycles. The maximum atomic E-state index is 12.0. The minimum Gasteiger partial charge on any atom is -0.497 e. The average Bonchev–Trinajstić information content (AvgIpc) is 2.53. The van der Waals surface area contributed by atoms with Gasteiger partial charge in [-0.2, -0.15) is 0 Å². The number of ether oxygens (including phenoxy) is 2. The van der Waals surface area contributed by atoms with E-state index in [0.29, 0.717) is 19.6 Å². The van der Waals surface area contributed by atoms with E-state index in [4.69, 9.17) is 15.2 Å². The molecule has 0 aliphatic rings. The molecule has 2 N–H and O–H groups in total. The molecule has 0 unspecified atom stereocenters. The minimum atomic E-state index is -0.283. The van der Waals surface area contributed by atoms with E-state index in [1.807, 2.05) is 43.3 Å². The fourth-order valence-corrected chi connectivity index (χ4v) is 2.16. The molecule has 0 aliphatic heterocycles. The van der Waals surface area contributed by atoms with E-state index in [1.165, 1.54) is 0 Å². The van der Waals surface area contributed by atoms with Crippen LogP contribution in [-0.2, 0) is 9.53 Å². The molecule has 0 aromatic heterocycles. The Morgan fingerprint density at radius 1 is 1.18 bits per heavy atom. The first-order chi connectivity index (χ1) is 10.2. The topological polar surface area (TPSA) is 61.5 Å². The third kappa shape index (κ3) is 4.36. The minimum absolute atomic E-state index is 0. The highest BCUT2D eigenvalue weighted by atomic mass is 35.5. The Kier molecular flexibility index (Phi) is 7.15. The second-order valence-electron chi connectivity index (χ2n) is 5.00. The second kappa shape index (κ2) is 8.61. The molecule has 0 radical (unpaired) electrons. The lowest BCUT2D eigenvalue weighted by Gasteiger charge is -2.12. The van der Waals surface area contributed by atoms with Crippen LogP contribution in [0.4, 0.5) is 0 Å². The highest BCUT2D eigenvalue weighted by molar-refractivity contribution is 5.86. The van der Waals surface area contributed by atoms with Crippen molar-refractivity contribution in [1.29, 1.82) is 0 Å². The van der Waals surface area contributed by atoms with Gasteiger partial charge in [-0.05, 0) is 48.4 Å². The molecule has 0 fully saturated rings.